The van der Waals surface area contributed by atoms with Crippen molar-refractivity contribution in [3.63, 3.8) is 0 Å². The lowest BCUT2D eigenvalue weighted by Crippen LogP contribution is -2.27. The van der Waals surface area contributed by atoms with Gasteiger partial charge < -0.3 is 5.32 Å². The molecule has 28 heavy (non-hydrogen) atoms. The summed E-state index contributed by atoms with van der Waals surface area (Å²) < 4.78 is 38.6. The second-order valence-electron chi connectivity index (χ2n) is 6.20. The molecule has 9 heteroatoms. The highest BCUT2D eigenvalue weighted by Crippen LogP contribution is 2.26. The quantitative estimate of drug-likeness (QED) is 0.636. The van der Waals surface area contributed by atoms with E-state index in [2.05, 4.69) is 15.0 Å². The summed E-state index contributed by atoms with van der Waals surface area (Å²) in [6, 6.07) is 12.3. The molecular formula is C19H18FN3O3S2. The van der Waals surface area contributed by atoms with Gasteiger partial charge in [0.05, 0.1) is 18.0 Å². The van der Waals surface area contributed by atoms with Gasteiger partial charge in [-0.3, -0.25) is 9.52 Å². The number of carbonyl (C=O) groups is 1. The van der Waals surface area contributed by atoms with Crippen LogP contribution in [-0.4, -0.2) is 25.6 Å². The first kappa shape index (κ1) is 20.0. The number of para-hydroxylation sites is 1. The van der Waals surface area contributed by atoms with Gasteiger partial charge in [0.15, 0.2) is 0 Å². The Balaban J connectivity index is 1.76. The minimum absolute atomic E-state index is 0.240. The summed E-state index contributed by atoms with van der Waals surface area (Å²) in [5, 5.41) is 5.06. The maximum absolute atomic E-state index is 13.1. The van der Waals surface area contributed by atoms with Crippen molar-refractivity contribution in [2.24, 2.45) is 0 Å². The van der Waals surface area contributed by atoms with E-state index in [1.165, 1.54) is 23.5 Å². The third-order valence-electron chi connectivity index (χ3n) is 3.90. The topological polar surface area (TPSA) is 88.2 Å². The molecule has 3 rings (SSSR count). The van der Waals surface area contributed by atoms with Crippen molar-refractivity contribution in [1.82, 2.24) is 10.3 Å². The average Bonchev–Trinajstić information content (AvgIpc) is 3.11. The molecule has 0 saturated carbocycles. The van der Waals surface area contributed by atoms with Gasteiger partial charge in [0.25, 0.3) is 5.91 Å². The first-order valence-corrected chi connectivity index (χ1v) is 11.1. The number of nitrogens with one attached hydrogen (secondary N) is 2. The average molecular weight is 420 g/mol. The lowest BCUT2D eigenvalue weighted by atomic mass is 10.1. The van der Waals surface area contributed by atoms with Crippen LogP contribution in [0, 0.1) is 5.82 Å². The van der Waals surface area contributed by atoms with Crippen LogP contribution in [-0.2, 0) is 10.0 Å². The number of benzene rings is 2. The largest absolute Gasteiger partial charge is 0.344 e. The summed E-state index contributed by atoms with van der Waals surface area (Å²) in [6.07, 6.45) is 1.07. The highest BCUT2D eigenvalue weighted by atomic mass is 32.2. The molecule has 2 N–H and O–H groups in total. The van der Waals surface area contributed by atoms with Crippen LogP contribution < -0.4 is 10.0 Å². The zero-order valence-corrected chi connectivity index (χ0v) is 16.8. The van der Waals surface area contributed by atoms with E-state index in [9.17, 15) is 17.6 Å². The first-order chi connectivity index (χ1) is 13.2. The molecule has 6 nitrogen and oxygen atoms in total. The number of aromatic nitrogens is 1. The van der Waals surface area contributed by atoms with Crippen molar-refractivity contribution in [2.45, 2.75) is 13.0 Å². The molecule has 1 amide bonds. The number of halogens is 1. The van der Waals surface area contributed by atoms with E-state index >= 15 is 0 Å². The Hall–Kier alpha value is -2.78. The molecule has 0 aliphatic rings. The van der Waals surface area contributed by atoms with Gasteiger partial charge in [-0.25, -0.2) is 17.8 Å². The molecule has 0 spiro atoms. The lowest BCUT2D eigenvalue weighted by molar-refractivity contribution is 0.0936. The van der Waals surface area contributed by atoms with Gasteiger partial charge in [-0.15, -0.1) is 11.3 Å². The van der Waals surface area contributed by atoms with E-state index in [1.54, 1.807) is 48.7 Å². The standard InChI is InChI=1S/C19H18FN3O3S2/c1-12(15-5-3-4-6-16(15)23-28(2,25)26)21-18(24)17-11-27-19(22-17)13-7-9-14(20)10-8-13/h3-12,23H,1-2H3,(H,21,24)/t12-/m1/s1. The third kappa shape index (κ3) is 4.93. The molecule has 2 aromatic carbocycles. The fourth-order valence-electron chi connectivity index (χ4n) is 2.62. The number of anilines is 1. The van der Waals surface area contributed by atoms with Gasteiger partial charge in [-0.2, -0.15) is 0 Å². The summed E-state index contributed by atoms with van der Waals surface area (Å²) in [7, 11) is -3.44. The SMILES string of the molecule is C[C@@H](NC(=O)c1csc(-c2ccc(F)cc2)n1)c1ccccc1NS(C)(=O)=O. The summed E-state index contributed by atoms with van der Waals surface area (Å²) in [4.78, 5) is 16.9. The maximum atomic E-state index is 13.1. The van der Waals surface area contributed by atoms with Crippen LogP contribution >= 0.6 is 11.3 Å². The molecule has 0 bridgehead atoms. The monoisotopic (exact) mass is 419 g/mol. The number of nitrogens with zero attached hydrogens (tertiary/aromatic N) is 1. The van der Waals surface area contributed by atoms with Crippen molar-refractivity contribution < 1.29 is 17.6 Å². The lowest BCUT2D eigenvalue weighted by Gasteiger charge is -2.18. The van der Waals surface area contributed by atoms with Crippen LogP contribution in [0.4, 0.5) is 10.1 Å². The van der Waals surface area contributed by atoms with Crippen LogP contribution in [0.5, 0.6) is 0 Å². The molecule has 0 radical (unpaired) electrons. The summed E-state index contributed by atoms with van der Waals surface area (Å²) in [6.45, 7) is 1.76. The van der Waals surface area contributed by atoms with E-state index in [0.29, 0.717) is 16.3 Å². The normalized spacial score (nSPS) is 12.4. The maximum Gasteiger partial charge on any atom is 0.271 e. The fraction of sp³-hybridized carbons (Fsp3) is 0.158. The summed E-state index contributed by atoms with van der Waals surface area (Å²) in [5.74, 6) is -0.722. The molecule has 0 unspecified atom stereocenters. The number of rotatable bonds is 6. The molecule has 0 aliphatic carbocycles. The zero-order chi connectivity index (χ0) is 20.3. The Morgan fingerprint density at radius 1 is 1.14 bits per heavy atom. The molecule has 1 heterocycles. The van der Waals surface area contributed by atoms with Crippen LogP contribution in [0.3, 0.4) is 0 Å². The van der Waals surface area contributed by atoms with E-state index < -0.39 is 16.1 Å². The van der Waals surface area contributed by atoms with Crippen molar-refractivity contribution >= 4 is 33.0 Å². The molecule has 1 aromatic heterocycles. The number of sulfonamides is 1. The highest BCUT2D eigenvalue weighted by molar-refractivity contribution is 7.92. The minimum atomic E-state index is -3.44. The van der Waals surface area contributed by atoms with Gasteiger partial charge in [0.2, 0.25) is 10.0 Å². The van der Waals surface area contributed by atoms with E-state index in [4.69, 9.17) is 0 Å². The summed E-state index contributed by atoms with van der Waals surface area (Å²) >= 11 is 1.28. The summed E-state index contributed by atoms with van der Waals surface area (Å²) in [5.41, 5.74) is 2.00. The second kappa shape index (κ2) is 8.07. The smallest absolute Gasteiger partial charge is 0.271 e. The Bertz CT molecular complexity index is 1100. The van der Waals surface area contributed by atoms with Crippen molar-refractivity contribution in [1.29, 1.82) is 0 Å². The zero-order valence-electron chi connectivity index (χ0n) is 15.1. The third-order valence-corrected chi connectivity index (χ3v) is 5.38. The van der Waals surface area contributed by atoms with E-state index in [1.807, 2.05) is 0 Å². The predicted molar refractivity (Wildman–Crippen MR) is 108 cm³/mol. The first-order valence-electron chi connectivity index (χ1n) is 8.32. The number of hydrogen-bond acceptors (Lipinski definition) is 5. The number of amides is 1. The van der Waals surface area contributed by atoms with Gasteiger partial charge in [-0.1, -0.05) is 18.2 Å². The van der Waals surface area contributed by atoms with Crippen LogP contribution in [0.25, 0.3) is 10.6 Å². The van der Waals surface area contributed by atoms with Gasteiger partial charge in [-0.05, 0) is 42.8 Å². The molecule has 0 fully saturated rings. The van der Waals surface area contributed by atoms with Crippen LogP contribution in [0.15, 0.2) is 53.9 Å². The Kier molecular flexibility index (Phi) is 5.76. The van der Waals surface area contributed by atoms with E-state index in [-0.39, 0.29) is 17.4 Å². The van der Waals surface area contributed by atoms with Crippen LogP contribution in [0.1, 0.15) is 29.0 Å². The Morgan fingerprint density at radius 2 is 1.82 bits per heavy atom. The van der Waals surface area contributed by atoms with Crippen molar-refractivity contribution in [3.05, 3.63) is 71.0 Å². The number of hydrogen-bond donors (Lipinski definition) is 2. The van der Waals surface area contributed by atoms with Gasteiger partial charge >= 0.3 is 0 Å². The van der Waals surface area contributed by atoms with Crippen LogP contribution in [0.2, 0.25) is 0 Å². The molecule has 0 saturated heterocycles. The molecule has 3 aromatic rings. The number of thiazole rings is 1. The van der Waals surface area contributed by atoms with E-state index in [0.717, 1.165) is 11.8 Å². The molecule has 0 aliphatic heterocycles. The molecule has 146 valence electrons. The van der Waals surface area contributed by atoms with Crippen molar-refractivity contribution in [2.75, 3.05) is 11.0 Å². The van der Waals surface area contributed by atoms with Gasteiger partial charge in [0.1, 0.15) is 16.5 Å². The minimum Gasteiger partial charge on any atom is -0.344 e. The Labute approximate surface area is 166 Å². The fourth-order valence-corrected chi connectivity index (χ4v) is 4.01. The Morgan fingerprint density at radius 3 is 2.50 bits per heavy atom. The molecule has 1 atom stereocenters. The van der Waals surface area contributed by atoms with Crippen molar-refractivity contribution in [3.8, 4) is 10.6 Å². The predicted octanol–water partition coefficient (Wildman–Crippen LogP) is 3.81. The van der Waals surface area contributed by atoms with Gasteiger partial charge in [0, 0.05) is 10.9 Å². The second-order valence-corrected chi connectivity index (χ2v) is 8.81. The number of carbonyl (C=O) groups excluding carboxylic acids is 1. The highest BCUT2D eigenvalue weighted by Gasteiger charge is 2.18. The molecular weight excluding hydrogens is 401 g/mol.